The Hall–Kier alpha value is -3.10. The number of ether oxygens (including phenoxy) is 1. The number of hydrazone groups is 1. The molecule has 1 fully saturated rings. The van der Waals surface area contributed by atoms with Gasteiger partial charge in [0, 0.05) is 18.1 Å². The number of anilines is 1. The first-order valence-corrected chi connectivity index (χ1v) is 8.29. The fourth-order valence-electron chi connectivity index (χ4n) is 3.37. The summed E-state index contributed by atoms with van der Waals surface area (Å²) in [5.74, 6) is 0.375. The van der Waals surface area contributed by atoms with Gasteiger partial charge in [-0.3, -0.25) is 0 Å². The number of benzene rings is 2. The van der Waals surface area contributed by atoms with Crippen molar-refractivity contribution in [1.82, 2.24) is 0 Å². The number of para-hydroxylation sites is 1. The molecule has 5 heteroatoms. The molecule has 0 aromatic heterocycles. The summed E-state index contributed by atoms with van der Waals surface area (Å²) >= 11 is 0. The molecule has 2 aliphatic rings. The molecule has 1 atom stereocenters. The summed E-state index contributed by atoms with van der Waals surface area (Å²) in [6, 6.07) is 20.3. The summed E-state index contributed by atoms with van der Waals surface area (Å²) < 4.78 is 5.54. The molecule has 0 aliphatic carbocycles. The Balaban J connectivity index is 1.85. The summed E-state index contributed by atoms with van der Waals surface area (Å²) in [6.45, 7) is 1.07. The summed E-state index contributed by atoms with van der Waals surface area (Å²) in [6.07, 6.45) is 0.747. The lowest BCUT2D eigenvalue weighted by atomic mass is 9.89. The van der Waals surface area contributed by atoms with Crippen LogP contribution in [0.25, 0.3) is 11.1 Å². The zero-order chi connectivity index (χ0) is 17.2. The van der Waals surface area contributed by atoms with Crippen LogP contribution in [0.5, 0.6) is 0 Å². The fourth-order valence-corrected chi connectivity index (χ4v) is 3.37. The highest BCUT2D eigenvalue weighted by atomic mass is 16.5. The number of nitriles is 1. The average molecular weight is 330 g/mol. The van der Waals surface area contributed by atoms with E-state index in [1.807, 2.05) is 54.6 Å². The number of hydrogen-bond acceptors (Lipinski definition) is 5. The van der Waals surface area contributed by atoms with Crippen LogP contribution in [0.2, 0.25) is 0 Å². The van der Waals surface area contributed by atoms with Gasteiger partial charge in [0.15, 0.2) is 0 Å². The molecule has 0 radical (unpaired) electrons. The van der Waals surface area contributed by atoms with Crippen molar-refractivity contribution in [2.24, 2.45) is 16.8 Å². The average Bonchev–Trinajstić information content (AvgIpc) is 2.68. The summed E-state index contributed by atoms with van der Waals surface area (Å²) in [4.78, 5) is 0. The third-order valence-electron chi connectivity index (χ3n) is 4.62. The van der Waals surface area contributed by atoms with E-state index in [0.29, 0.717) is 24.6 Å². The SMILES string of the molecule is N#CC1=C(N)N(c2ccccc2-c2ccccc2)N=C2COCCC21. The van der Waals surface area contributed by atoms with E-state index in [0.717, 1.165) is 28.9 Å². The molecule has 1 unspecified atom stereocenters. The van der Waals surface area contributed by atoms with E-state index in [2.05, 4.69) is 6.07 Å². The molecule has 0 saturated carbocycles. The fraction of sp³-hybridized carbons (Fsp3) is 0.200. The number of hydrogen-bond donors (Lipinski definition) is 1. The van der Waals surface area contributed by atoms with Gasteiger partial charge >= 0.3 is 0 Å². The monoisotopic (exact) mass is 330 g/mol. The first-order chi connectivity index (χ1) is 12.3. The van der Waals surface area contributed by atoms with Crippen molar-refractivity contribution in [2.45, 2.75) is 6.42 Å². The topological polar surface area (TPSA) is 74.6 Å². The summed E-state index contributed by atoms with van der Waals surface area (Å²) in [7, 11) is 0. The third-order valence-corrected chi connectivity index (χ3v) is 4.62. The van der Waals surface area contributed by atoms with E-state index in [4.69, 9.17) is 15.6 Å². The molecule has 2 aromatic rings. The molecule has 2 heterocycles. The largest absolute Gasteiger partial charge is 0.383 e. The Morgan fingerprint density at radius 2 is 1.88 bits per heavy atom. The Morgan fingerprint density at radius 1 is 1.12 bits per heavy atom. The second-order valence-electron chi connectivity index (χ2n) is 6.09. The number of fused-ring (bicyclic) bond motifs is 1. The molecule has 0 bridgehead atoms. The van der Waals surface area contributed by atoms with Crippen LogP contribution >= 0.6 is 0 Å². The molecule has 2 aromatic carbocycles. The van der Waals surface area contributed by atoms with Crippen molar-refractivity contribution in [3.05, 3.63) is 66.0 Å². The van der Waals surface area contributed by atoms with E-state index in [1.165, 1.54) is 0 Å². The van der Waals surface area contributed by atoms with Gasteiger partial charge in [-0.15, -0.1) is 0 Å². The van der Waals surface area contributed by atoms with Crippen LogP contribution < -0.4 is 10.7 Å². The zero-order valence-corrected chi connectivity index (χ0v) is 13.7. The quantitative estimate of drug-likeness (QED) is 0.917. The highest BCUT2D eigenvalue weighted by Crippen LogP contribution is 2.36. The van der Waals surface area contributed by atoms with Gasteiger partial charge in [0.05, 0.1) is 29.6 Å². The Kier molecular flexibility index (Phi) is 3.96. The number of rotatable bonds is 2. The number of nitrogens with zero attached hydrogens (tertiary/aromatic N) is 3. The minimum absolute atomic E-state index is 0.0288. The lowest BCUT2D eigenvalue weighted by molar-refractivity contribution is 0.142. The molecule has 1 saturated heterocycles. The van der Waals surface area contributed by atoms with Crippen molar-refractivity contribution in [1.29, 1.82) is 5.26 Å². The molecule has 2 N–H and O–H groups in total. The van der Waals surface area contributed by atoms with Crippen LogP contribution in [0, 0.1) is 17.2 Å². The molecule has 124 valence electrons. The van der Waals surface area contributed by atoms with Crippen molar-refractivity contribution in [3.8, 4) is 17.2 Å². The second-order valence-corrected chi connectivity index (χ2v) is 6.09. The summed E-state index contributed by atoms with van der Waals surface area (Å²) in [5.41, 5.74) is 10.7. The van der Waals surface area contributed by atoms with E-state index < -0.39 is 0 Å². The minimum atomic E-state index is -0.0288. The van der Waals surface area contributed by atoms with Gasteiger partial charge in [0.2, 0.25) is 0 Å². The Labute approximate surface area is 146 Å². The zero-order valence-electron chi connectivity index (χ0n) is 13.7. The van der Waals surface area contributed by atoms with Crippen LogP contribution in [0.1, 0.15) is 6.42 Å². The predicted octanol–water partition coefficient (Wildman–Crippen LogP) is 3.26. The molecule has 0 amide bonds. The lowest BCUT2D eigenvalue weighted by Crippen LogP contribution is -2.39. The van der Waals surface area contributed by atoms with Gasteiger partial charge in [-0.05, 0) is 18.1 Å². The van der Waals surface area contributed by atoms with Gasteiger partial charge < -0.3 is 10.5 Å². The van der Waals surface area contributed by atoms with Crippen LogP contribution in [0.4, 0.5) is 5.69 Å². The second kappa shape index (κ2) is 6.42. The molecular weight excluding hydrogens is 312 g/mol. The smallest absolute Gasteiger partial charge is 0.140 e. The van der Waals surface area contributed by atoms with E-state index in [9.17, 15) is 5.26 Å². The lowest BCUT2D eigenvalue weighted by Gasteiger charge is -2.34. The molecular formula is C20H18N4O. The van der Waals surface area contributed by atoms with Gasteiger partial charge in [-0.2, -0.15) is 10.4 Å². The highest BCUT2D eigenvalue weighted by Gasteiger charge is 2.34. The molecule has 25 heavy (non-hydrogen) atoms. The van der Waals surface area contributed by atoms with E-state index in [1.54, 1.807) is 5.01 Å². The third kappa shape index (κ3) is 2.67. The maximum Gasteiger partial charge on any atom is 0.140 e. The van der Waals surface area contributed by atoms with Crippen molar-refractivity contribution in [2.75, 3.05) is 18.2 Å². The van der Waals surface area contributed by atoms with Gasteiger partial charge in [0.1, 0.15) is 5.82 Å². The number of nitrogens with two attached hydrogens (primary N) is 1. The van der Waals surface area contributed by atoms with Crippen LogP contribution in [-0.2, 0) is 4.74 Å². The first kappa shape index (κ1) is 15.4. The van der Waals surface area contributed by atoms with Crippen molar-refractivity contribution in [3.63, 3.8) is 0 Å². The molecule has 4 rings (SSSR count). The Bertz CT molecular complexity index is 895. The van der Waals surface area contributed by atoms with Gasteiger partial charge in [-0.1, -0.05) is 48.5 Å². The summed E-state index contributed by atoms with van der Waals surface area (Å²) in [5, 5.41) is 16.1. The van der Waals surface area contributed by atoms with Crippen molar-refractivity contribution < 1.29 is 4.74 Å². The molecule has 0 spiro atoms. The maximum absolute atomic E-state index is 9.64. The van der Waals surface area contributed by atoms with Crippen molar-refractivity contribution >= 4 is 11.4 Å². The molecule has 2 aliphatic heterocycles. The predicted molar refractivity (Wildman–Crippen MR) is 97.5 cm³/mol. The van der Waals surface area contributed by atoms with Gasteiger partial charge in [-0.25, -0.2) is 5.01 Å². The van der Waals surface area contributed by atoms with E-state index in [-0.39, 0.29) is 5.92 Å². The maximum atomic E-state index is 9.64. The highest BCUT2D eigenvalue weighted by molar-refractivity contribution is 5.95. The van der Waals surface area contributed by atoms with E-state index >= 15 is 0 Å². The first-order valence-electron chi connectivity index (χ1n) is 8.29. The Morgan fingerprint density at radius 3 is 2.68 bits per heavy atom. The number of allylic oxidation sites excluding steroid dienone is 1. The van der Waals surface area contributed by atoms with Crippen LogP contribution in [0.3, 0.4) is 0 Å². The molecule has 5 nitrogen and oxygen atoms in total. The van der Waals surface area contributed by atoms with Crippen LogP contribution in [-0.4, -0.2) is 18.9 Å². The standard InChI is InChI=1S/C20H18N4O/c21-12-17-16-10-11-25-13-18(16)23-24(20(17)22)19-9-5-4-8-15(19)14-6-2-1-3-7-14/h1-9,16H,10-11,13,22H2. The minimum Gasteiger partial charge on any atom is -0.383 e. The normalized spacial score (nSPS) is 19.9. The van der Waals surface area contributed by atoms with Crippen LogP contribution in [0.15, 0.2) is 71.1 Å². The van der Waals surface area contributed by atoms with Gasteiger partial charge in [0.25, 0.3) is 0 Å².